The van der Waals surface area contributed by atoms with E-state index in [0.717, 1.165) is 12.1 Å². The highest BCUT2D eigenvalue weighted by Gasteiger charge is 2.26. The van der Waals surface area contributed by atoms with Crippen LogP contribution in [0.5, 0.6) is 0 Å². The van der Waals surface area contributed by atoms with Gasteiger partial charge in [-0.2, -0.15) is 0 Å². The highest BCUT2D eigenvalue weighted by atomic mass is 79.9. The summed E-state index contributed by atoms with van der Waals surface area (Å²) in [6.07, 6.45) is 0. The molecule has 0 aliphatic rings. The zero-order valence-corrected chi connectivity index (χ0v) is 10.0. The first kappa shape index (κ1) is 11.6. The lowest BCUT2D eigenvalue weighted by Crippen LogP contribution is -2.14. The smallest absolute Gasteiger partial charge is 0.127 e. The van der Waals surface area contributed by atoms with E-state index in [2.05, 4.69) is 15.9 Å². The molecule has 0 bridgehead atoms. The fourth-order valence-corrected chi connectivity index (χ4v) is 1.53. The maximum absolute atomic E-state index is 13.4. The third-order valence-electron chi connectivity index (χ3n) is 1.99. The average Bonchev–Trinajstić information content (AvgIpc) is 2.06. The molecule has 1 rings (SSSR count). The molecule has 1 atom stereocenters. The first-order valence-electron chi connectivity index (χ1n) is 4.41. The molecule has 0 aliphatic carbocycles. The van der Waals surface area contributed by atoms with Gasteiger partial charge < -0.3 is 0 Å². The van der Waals surface area contributed by atoms with E-state index in [1.165, 1.54) is 6.07 Å². The predicted octanol–water partition coefficient (Wildman–Crippen LogP) is 4.45. The van der Waals surface area contributed by atoms with Gasteiger partial charge >= 0.3 is 0 Å². The van der Waals surface area contributed by atoms with Crippen LogP contribution in [-0.2, 0) is 0 Å². The second kappa shape index (κ2) is 3.97. The lowest BCUT2D eigenvalue weighted by atomic mass is 9.88. The molecule has 0 amide bonds. The molecule has 3 heteroatoms. The molecule has 1 aromatic carbocycles. The van der Waals surface area contributed by atoms with Gasteiger partial charge in [0.05, 0.1) is 0 Å². The molecule has 0 nitrogen and oxygen atoms in total. The van der Waals surface area contributed by atoms with Crippen LogP contribution in [-0.4, -0.2) is 0 Å². The third kappa shape index (κ3) is 2.53. The fourth-order valence-electron chi connectivity index (χ4n) is 1.18. The van der Waals surface area contributed by atoms with Crippen LogP contribution < -0.4 is 0 Å². The highest BCUT2D eigenvalue weighted by Crippen LogP contribution is 2.41. The van der Waals surface area contributed by atoms with E-state index in [1.54, 1.807) is 0 Å². The van der Waals surface area contributed by atoms with Crippen molar-refractivity contribution in [2.45, 2.75) is 25.6 Å². The van der Waals surface area contributed by atoms with Crippen molar-refractivity contribution < 1.29 is 8.78 Å². The summed E-state index contributed by atoms with van der Waals surface area (Å²) in [6.45, 7) is 5.91. The molecule has 14 heavy (non-hydrogen) atoms. The molecule has 0 radical (unpaired) electrons. The predicted molar refractivity (Wildman–Crippen MR) is 57.5 cm³/mol. The maximum atomic E-state index is 13.4. The summed E-state index contributed by atoms with van der Waals surface area (Å²) in [7, 11) is 0. The van der Waals surface area contributed by atoms with Gasteiger partial charge in [-0.3, -0.25) is 0 Å². The normalized spacial score (nSPS) is 14.1. The summed E-state index contributed by atoms with van der Waals surface area (Å²) in [5.74, 6) is -0.779. The van der Waals surface area contributed by atoms with Gasteiger partial charge in [-0.1, -0.05) is 36.7 Å². The minimum atomic E-state index is -0.407. The highest BCUT2D eigenvalue weighted by molar-refractivity contribution is 9.09. The fraction of sp³-hybridized carbons (Fsp3) is 0.455. The van der Waals surface area contributed by atoms with E-state index in [9.17, 15) is 8.78 Å². The molecule has 0 saturated carbocycles. The van der Waals surface area contributed by atoms with Gasteiger partial charge in [-0.05, 0) is 23.6 Å². The topological polar surface area (TPSA) is 0 Å². The molecule has 0 aromatic heterocycles. The SMILES string of the molecule is CC(C)(C)C(Br)c1cc(F)ccc1F. The Morgan fingerprint density at radius 3 is 2.29 bits per heavy atom. The number of halogens is 3. The van der Waals surface area contributed by atoms with Crippen molar-refractivity contribution >= 4 is 15.9 Å². The van der Waals surface area contributed by atoms with Crippen LogP contribution >= 0.6 is 15.9 Å². The molecular weight excluding hydrogens is 250 g/mol. The molecule has 0 saturated heterocycles. The summed E-state index contributed by atoms with van der Waals surface area (Å²) >= 11 is 3.38. The van der Waals surface area contributed by atoms with Crippen molar-refractivity contribution in [2.24, 2.45) is 5.41 Å². The number of alkyl halides is 1. The monoisotopic (exact) mass is 262 g/mol. The van der Waals surface area contributed by atoms with Crippen molar-refractivity contribution in [2.75, 3.05) is 0 Å². The van der Waals surface area contributed by atoms with Gasteiger partial charge in [0.25, 0.3) is 0 Å². The molecule has 0 N–H and O–H groups in total. The first-order chi connectivity index (χ1) is 6.32. The van der Waals surface area contributed by atoms with Crippen molar-refractivity contribution in [1.82, 2.24) is 0 Å². The van der Waals surface area contributed by atoms with E-state index in [1.807, 2.05) is 20.8 Å². The van der Waals surface area contributed by atoms with Crippen LogP contribution in [0.25, 0.3) is 0 Å². The Morgan fingerprint density at radius 2 is 1.79 bits per heavy atom. The van der Waals surface area contributed by atoms with Crippen molar-refractivity contribution in [3.63, 3.8) is 0 Å². The van der Waals surface area contributed by atoms with E-state index in [0.29, 0.717) is 5.56 Å². The molecule has 0 fully saturated rings. The third-order valence-corrected chi connectivity index (χ3v) is 3.86. The van der Waals surface area contributed by atoms with Crippen LogP contribution in [0.2, 0.25) is 0 Å². The van der Waals surface area contributed by atoms with Gasteiger partial charge in [-0.25, -0.2) is 8.78 Å². The molecular formula is C11H13BrF2. The van der Waals surface area contributed by atoms with Crippen molar-refractivity contribution in [3.05, 3.63) is 35.4 Å². The summed E-state index contributed by atoms with van der Waals surface area (Å²) in [5.41, 5.74) is 0.228. The first-order valence-corrected chi connectivity index (χ1v) is 5.33. The van der Waals surface area contributed by atoms with E-state index < -0.39 is 5.82 Å². The number of rotatable bonds is 1. The number of benzene rings is 1. The lowest BCUT2D eigenvalue weighted by molar-refractivity contribution is 0.397. The Bertz CT molecular complexity index is 329. The minimum absolute atomic E-state index is 0.144. The maximum Gasteiger partial charge on any atom is 0.127 e. The Labute approximate surface area is 91.5 Å². The standard InChI is InChI=1S/C11H13BrF2/c1-11(2,3)10(12)8-6-7(13)4-5-9(8)14/h4-6,10H,1-3H3. The lowest BCUT2D eigenvalue weighted by Gasteiger charge is -2.26. The quantitative estimate of drug-likeness (QED) is 0.657. The van der Waals surface area contributed by atoms with Crippen molar-refractivity contribution in [3.8, 4) is 0 Å². The van der Waals surface area contributed by atoms with Crippen LogP contribution in [0, 0.1) is 17.0 Å². The summed E-state index contributed by atoms with van der Waals surface area (Å²) in [6, 6.07) is 3.52. The zero-order valence-electron chi connectivity index (χ0n) is 8.44. The molecule has 0 aliphatic heterocycles. The summed E-state index contributed by atoms with van der Waals surface area (Å²) in [5, 5.41) is 0. The Kier molecular flexibility index (Phi) is 3.30. The molecule has 1 aromatic rings. The van der Waals surface area contributed by atoms with Gasteiger partial charge in [0.1, 0.15) is 11.6 Å². The molecule has 78 valence electrons. The minimum Gasteiger partial charge on any atom is -0.207 e. The van der Waals surface area contributed by atoms with Crippen LogP contribution in [0.15, 0.2) is 18.2 Å². The summed E-state index contributed by atoms with van der Waals surface area (Å²) < 4.78 is 26.3. The van der Waals surface area contributed by atoms with E-state index >= 15 is 0 Å². The van der Waals surface area contributed by atoms with E-state index in [4.69, 9.17) is 0 Å². The van der Waals surface area contributed by atoms with Gasteiger partial charge in [0, 0.05) is 10.4 Å². The Morgan fingerprint density at radius 1 is 1.21 bits per heavy atom. The average molecular weight is 263 g/mol. The van der Waals surface area contributed by atoms with E-state index in [-0.39, 0.29) is 16.1 Å². The Hall–Kier alpha value is -0.440. The second-order valence-electron chi connectivity index (χ2n) is 4.39. The molecule has 0 heterocycles. The largest absolute Gasteiger partial charge is 0.207 e. The zero-order chi connectivity index (χ0) is 10.9. The van der Waals surface area contributed by atoms with Gasteiger partial charge in [0.2, 0.25) is 0 Å². The molecule has 0 spiro atoms. The van der Waals surface area contributed by atoms with Gasteiger partial charge in [-0.15, -0.1) is 0 Å². The number of hydrogen-bond donors (Lipinski definition) is 0. The van der Waals surface area contributed by atoms with Crippen LogP contribution in [0.4, 0.5) is 8.78 Å². The molecule has 1 unspecified atom stereocenters. The van der Waals surface area contributed by atoms with Crippen molar-refractivity contribution in [1.29, 1.82) is 0 Å². The summed E-state index contributed by atoms with van der Waals surface area (Å²) in [4.78, 5) is -0.189. The Balaban J connectivity index is 3.12. The second-order valence-corrected chi connectivity index (χ2v) is 5.31. The van der Waals surface area contributed by atoms with Crippen LogP contribution in [0.3, 0.4) is 0 Å². The van der Waals surface area contributed by atoms with Gasteiger partial charge in [0.15, 0.2) is 0 Å². The van der Waals surface area contributed by atoms with Crippen LogP contribution in [0.1, 0.15) is 31.2 Å². The number of hydrogen-bond acceptors (Lipinski definition) is 0.